The summed E-state index contributed by atoms with van der Waals surface area (Å²) in [5, 5.41) is 11.0. The number of halogens is 1. The number of pyridine rings is 1. The maximum atomic E-state index is 11.3. The number of fused-ring (bicyclic) bond motifs is 1. The number of nitriles is 1. The number of hydrogen-bond acceptors (Lipinski definition) is 4. The minimum atomic E-state index is -3.30. The molecule has 3 rings (SSSR count). The Balaban J connectivity index is 2.14. The quantitative estimate of drug-likeness (QED) is 0.760. The van der Waals surface area contributed by atoms with Crippen LogP contribution in [-0.4, -0.2) is 24.2 Å². The topological polar surface area (TPSA) is 87.8 Å². The highest BCUT2D eigenvalue weighted by atomic mass is 35.5. The van der Waals surface area contributed by atoms with Crippen molar-refractivity contribution >= 4 is 32.5 Å². The van der Waals surface area contributed by atoms with Gasteiger partial charge in [-0.05, 0) is 29.8 Å². The molecule has 1 N–H and O–H groups in total. The van der Waals surface area contributed by atoms with E-state index in [1.807, 2.05) is 29.8 Å². The maximum Gasteiger partial charge on any atom is 0.209 e. The summed E-state index contributed by atoms with van der Waals surface area (Å²) < 4.78 is 26.9. The van der Waals surface area contributed by atoms with Gasteiger partial charge in [-0.3, -0.25) is 4.98 Å². The maximum absolute atomic E-state index is 11.3. The van der Waals surface area contributed by atoms with Gasteiger partial charge >= 0.3 is 0 Å². The normalized spacial score (nSPS) is 11.6. The molecule has 6 nitrogen and oxygen atoms in total. The van der Waals surface area contributed by atoms with E-state index in [0.717, 1.165) is 22.7 Å². The first-order valence-corrected chi connectivity index (χ1v) is 9.64. The van der Waals surface area contributed by atoms with Crippen molar-refractivity contribution in [3.8, 4) is 17.3 Å². The predicted molar refractivity (Wildman–Crippen MR) is 97.6 cm³/mol. The van der Waals surface area contributed by atoms with Crippen molar-refractivity contribution < 1.29 is 8.42 Å². The summed E-state index contributed by atoms with van der Waals surface area (Å²) in [5.74, 6) is 0. The van der Waals surface area contributed by atoms with E-state index < -0.39 is 10.0 Å². The SMILES string of the molecule is Cn1c(-c2cncc(CNS(C)(=O)=O)c2)c(C#N)c2ccc(Cl)cc21. The third kappa shape index (κ3) is 3.51. The molecule has 0 amide bonds. The fraction of sp³-hybridized carbons (Fsp3) is 0.176. The van der Waals surface area contributed by atoms with Crippen molar-refractivity contribution in [3.05, 3.63) is 52.8 Å². The van der Waals surface area contributed by atoms with Gasteiger partial charge in [-0.2, -0.15) is 5.26 Å². The average molecular weight is 375 g/mol. The van der Waals surface area contributed by atoms with Gasteiger partial charge in [0, 0.05) is 42.0 Å². The van der Waals surface area contributed by atoms with Gasteiger partial charge in [0.1, 0.15) is 6.07 Å². The number of nitrogens with one attached hydrogen (secondary N) is 1. The zero-order chi connectivity index (χ0) is 18.2. The van der Waals surface area contributed by atoms with Crippen molar-refractivity contribution in [3.63, 3.8) is 0 Å². The molecular weight excluding hydrogens is 360 g/mol. The van der Waals surface area contributed by atoms with E-state index in [1.54, 1.807) is 18.5 Å². The fourth-order valence-electron chi connectivity index (χ4n) is 2.79. The molecule has 2 heterocycles. The molecule has 3 aromatic rings. The van der Waals surface area contributed by atoms with Crippen molar-refractivity contribution in [2.24, 2.45) is 7.05 Å². The molecule has 0 saturated carbocycles. The molecule has 128 valence electrons. The van der Waals surface area contributed by atoms with Gasteiger partial charge in [-0.1, -0.05) is 11.6 Å². The van der Waals surface area contributed by atoms with Gasteiger partial charge in [0.2, 0.25) is 10.0 Å². The van der Waals surface area contributed by atoms with Crippen LogP contribution in [0.2, 0.25) is 5.02 Å². The molecule has 1 aromatic carbocycles. The highest BCUT2D eigenvalue weighted by Gasteiger charge is 2.17. The van der Waals surface area contributed by atoms with E-state index in [9.17, 15) is 13.7 Å². The Bertz CT molecular complexity index is 1110. The average Bonchev–Trinajstić information content (AvgIpc) is 2.84. The monoisotopic (exact) mass is 374 g/mol. The van der Waals surface area contributed by atoms with E-state index in [1.165, 1.54) is 0 Å². The lowest BCUT2D eigenvalue weighted by Gasteiger charge is -2.08. The molecule has 0 aliphatic rings. The summed E-state index contributed by atoms with van der Waals surface area (Å²) >= 11 is 6.08. The van der Waals surface area contributed by atoms with Crippen LogP contribution >= 0.6 is 11.6 Å². The molecule has 0 fully saturated rings. The van der Waals surface area contributed by atoms with Crippen LogP contribution in [0, 0.1) is 11.3 Å². The molecule has 25 heavy (non-hydrogen) atoms. The summed E-state index contributed by atoms with van der Waals surface area (Å²) in [4.78, 5) is 4.18. The van der Waals surface area contributed by atoms with Crippen LogP contribution in [0.4, 0.5) is 0 Å². The van der Waals surface area contributed by atoms with E-state index in [-0.39, 0.29) is 6.54 Å². The zero-order valence-electron chi connectivity index (χ0n) is 13.6. The van der Waals surface area contributed by atoms with Crippen LogP contribution in [0.3, 0.4) is 0 Å². The lowest BCUT2D eigenvalue weighted by Crippen LogP contribution is -2.21. The van der Waals surface area contributed by atoms with Crippen molar-refractivity contribution in [1.29, 1.82) is 5.26 Å². The van der Waals surface area contributed by atoms with Gasteiger partial charge in [-0.25, -0.2) is 13.1 Å². The fourth-order valence-corrected chi connectivity index (χ4v) is 3.38. The second kappa shape index (κ2) is 6.48. The molecule has 0 aliphatic heterocycles. The Hall–Kier alpha value is -2.40. The van der Waals surface area contributed by atoms with Crippen LogP contribution in [0.1, 0.15) is 11.1 Å². The summed E-state index contributed by atoms with van der Waals surface area (Å²) in [6.07, 6.45) is 4.35. The summed E-state index contributed by atoms with van der Waals surface area (Å²) in [5.41, 5.74) is 3.53. The molecule has 2 aromatic heterocycles. The number of nitrogens with zero attached hydrogens (tertiary/aromatic N) is 3. The van der Waals surface area contributed by atoms with Gasteiger partial charge in [0.15, 0.2) is 0 Å². The number of aromatic nitrogens is 2. The highest BCUT2D eigenvalue weighted by Crippen LogP contribution is 2.33. The lowest BCUT2D eigenvalue weighted by molar-refractivity contribution is 0.587. The highest BCUT2D eigenvalue weighted by molar-refractivity contribution is 7.88. The molecule has 0 saturated heterocycles. The first-order chi connectivity index (χ1) is 11.8. The Kier molecular flexibility index (Phi) is 4.52. The molecule has 0 bridgehead atoms. The Morgan fingerprint density at radius 3 is 2.76 bits per heavy atom. The second-order valence-corrected chi connectivity index (χ2v) is 8.00. The molecule has 0 radical (unpaired) electrons. The number of sulfonamides is 1. The summed E-state index contributed by atoms with van der Waals surface area (Å²) in [7, 11) is -1.44. The van der Waals surface area contributed by atoms with Crippen molar-refractivity contribution in [2.75, 3.05) is 6.26 Å². The smallest absolute Gasteiger partial charge is 0.209 e. The molecule has 0 unspecified atom stereocenters. The van der Waals surface area contributed by atoms with Gasteiger partial charge in [0.25, 0.3) is 0 Å². The third-order valence-corrected chi connectivity index (χ3v) is 4.79. The standard InChI is InChI=1S/C17H15ClN4O2S/c1-22-16-6-13(18)3-4-14(16)15(7-19)17(22)12-5-11(8-20-10-12)9-21-25(2,23)24/h3-6,8,10,21H,9H2,1-2H3. The zero-order valence-corrected chi connectivity index (χ0v) is 15.2. The Labute approximate surface area is 150 Å². The van der Waals surface area contributed by atoms with Crippen molar-refractivity contribution in [2.45, 2.75) is 6.54 Å². The number of benzene rings is 1. The molecule has 0 aliphatic carbocycles. The minimum absolute atomic E-state index is 0.136. The number of rotatable bonds is 4. The number of hydrogen-bond donors (Lipinski definition) is 1. The van der Waals surface area contributed by atoms with Crippen LogP contribution in [0.25, 0.3) is 22.2 Å². The van der Waals surface area contributed by atoms with Gasteiger partial charge in [0.05, 0.1) is 23.0 Å². The van der Waals surface area contributed by atoms with Crippen LogP contribution < -0.4 is 4.72 Å². The second-order valence-electron chi connectivity index (χ2n) is 5.73. The van der Waals surface area contributed by atoms with Crippen LogP contribution in [0.15, 0.2) is 36.7 Å². The number of aryl methyl sites for hydroxylation is 1. The molecule has 8 heteroatoms. The lowest BCUT2D eigenvalue weighted by atomic mass is 10.1. The van der Waals surface area contributed by atoms with Crippen LogP contribution in [-0.2, 0) is 23.6 Å². The van der Waals surface area contributed by atoms with E-state index >= 15 is 0 Å². The summed E-state index contributed by atoms with van der Waals surface area (Å²) in [6.45, 7) is 0.136. The molecular formula is C17H15ClN4O2S. The van der Waals surface area contributed by atoms with Crippen molar-refractivity contribution in [1.82, 2.24) is 14.3 Å². The molecule has 0 spiro atoms. The van der Waals surface area contributed by atoms with Gasteiger partial charge < -0.3 is 4.57 Å². The van der Waals surface area contributed by atoms with E-state index in [2.05, 4.69) is 15.8 Å². The van der Waals surface area contributed by atoms with Crippen LogP contribution in [0.5, 0.6) is 0 Å². The van der Waals surface area contributed by atoms with Gasteiger partial charge in [-0.15, -0.1) is 0 Å². The predicted octanol–water partition coefficient (Wildman–Crippen LogP) is 2.81. The third-order valence-electron chi connectivity index (χ3n) is 3.88. The first kappa shape index (κ1) is 17.4. The Morgan fingerprint density at radius 1 is 1.32 bits per heavy atom. The minimum Gasteiger partial charge on any atom is -0.342 e. The molecule has 0 atom stereocenters. The van der Waals surface area contributed by atoms with E-state index in [4.69, 9.17) is 11.6 Å². The largest absolute Gasteiger partial charge is 0.342 e. The first-order valence-electron chi connectivity index (χ1n) is 7.37. The van der Waals surface area contributed by atoms with E-state index in [0.29, 0.717) is 21.8 Å². The Morgan fingerprint density at radius 2 is 2.08 bits per heavy atom. The summed E-state index contributed by atoms with van der Waals surface area (Å²) in [6, 6.07) is 9.45.